The average molecular weight is 470 g/mol. The van der Waals surface area contributed by atoms with Crippen molar-refractivity contribution < 1.29 is 31.9 Å². The Kier molecular flexibility index (Phi) is 6.83. The Morgan fingerprint density at radius 2 is 1.91 bits per heavy atom. The van der Waals surface area contributed by atoms with Crippen LogP contribution in [0, 0.1) is 17.6 Å². The van der Waals surface area contributed by atoms with E-state index in [9.17, 15) is 18.0 Å². The molecule has 0 saturated carbocycles. The van der Waals surface area contributed by atoms with Crippen molar-refractivity contribution in [3.8, 4) is 16.9 Å². The number of benzene rings is 2. The van der Waals surface area contributed by atoms with Gasteiger partial charge in [0, 0.05) is 47.0 Å². The number of esters is 1. The molecule has 0 unspecified atom stereocenters. The second-order valence-corrected chi connectivity index (χ2v) is 7.46. The van der Waals surface area contributed by atoms with Gasteiger partial charge in [0.05, 0.1) is 18.7 Å². The molecule has 0 aliphatic carbocycles. The van der Waals surface area contributed by atoms with Crippen LogP contribution in [0.4, 0.5) is 13.2 Å². The highest BCUT2D eigenvalue weighted by molar-refractivity contribution is 5.93. The zero-order valence-electron chi connectivity index (χ0n) is 18.2. The van der Waals surface area contributed by atoms with Crippen molar-refractivity contribution in [3.63, 3.8) is 0 Å². The van der Waals surface area contributed by atoms with E-state index in [0.717, 1.165) is 0 Å². The van der Waals surface area contributed by atoms with Crippen molar-refractivity contribution >= 4 is 16.9 Å². The van der Waals surface area contributed by atoms with Gasteiger partial charge in [-0.2, -0.15) is 4.39 Å². The molecule has 0 fully saturated rings. The lowest BCUT2D eigenvalue weighted by molar-refractivity contribution is -0.142. The second kappa shape index (κ2) is 9.96. The Balaban J connectivity index is 1.70. The summed E-state index contributed by atoms with van der Waals surface area (Å²) < 4.78 is 58.7. The third-order valence-electron chi connectivity index (χ3n) is 5.15. The van der Waals surface area contributed by atoms with Crippen LogP contribution >= 0.6 is 0 Å². The molecular weight excluding hydrogens is 449 g/mol. The SMILES string of the molecule is CCOC(=O)Cc1ccc(F)cc1OCc1cc(-c2ccnc(CN)c2F)c2oc(F)cc2c1. The van der Waals surface area contributed by atoms with E-state index in [0.29, 0.717) is 22.1 Å². The molecule has 176 valence electrons. The first-order valence-electron chi connectivity index (χ1n) is 10.5. The predicted octanol–water partition coefficient (Wildman–Crippen LogP) is 5.06. The standard InChI is InChI=1S/C25H21F3N2O4/c1-2-32-23(31)10-15-3-4-17(26)11-21(15)33-13-14-7-16-9-22(27)34-25(16)19(8-14)18-5-6-30-20(12-29)24(18)28/h3-9,11H,2,10,12-13,29H2,1H3. The van der Waals surface area contributed by atoms with Gasteiger partial charge in [-0.1, -0.05) is 6.07 Å². The van der Waals surface area contributed by atoms with Gasteiger partial charge in [-0.05, 0) is 36.8 Å². The molecule has 0 saturated heterocycles. The van der Waals surface area contributed by atoms with Gasteiger partial charge in [-0.15, -0.1) is 0 Å². The van der Waals surface area contributed by atoms with Gasteiger partial charge >= 0.3 is 5.97 Å². The number of nitrogens with two attached hydrogens (primary N) is 1. The lowest BCUT2D eigenvalue weighted by Gasteiger charge is -2.13. The van der Waals surface area contributed by atoms with E-state index in [2.05, 4.69) is 4.98 Å². The van der Waals surface area contributed by atoms with Crippen LogP contribution in [0.3, 0.4) is 0 Å². The molecule has 6 nitrogen and oxygen atoms in total. The van der Waals surface area contributed by atoms with E-state index in [1.807, 2.05) is 0 Å². The van der Waals surface area contributed by atoms with Crippen molar-refractivity contribution in [2.24, 2.45) is 5.73 Å². The van der Waals surface area contributed by atoms with E-state index in [-0.39, 0.29) is 48.8 Å². The summed E-state index contributed by atoms with van der Waals surface area (Å²) in [6.45, 7) is 1.73. The van der Waals surface area contributed by atoms with Gasteiger partial charge in [0.15, 0.2) is 5.82 Å². The normalized spacial score (nSPS) is 11.1. The molecule has 0 aliphatic heterocycles. The first-order chi connectivity index (χ1) is 16.4. The first-order valence-corrected chi connectivity index (χ1v) is 10.5. The fourth-order valence-electron chi connectivity index (χ4n) is 3.64. The van der Waals surface area contributed by atoms with Gasteiger partial charge in [0.2, 0.25) is 0 Å². The fourth-order valence-corrected chi connectivity index (χ4v) is 3.64. The number of nitrogens with zero attached hydrogens (tertiary/aromatic N) is 1. The molecular formula is C25H21F3N2O4. The van der Waals surface area contributed by atoms with Crippen LogP contribution in [0.15, 0.2) is 53.1 Å². The van der Waals surface area contributed by atoms with Gasteiger partial charge in [0.25, 0.3) is 6.01 Å². The van der Waals surface area contributed by atoms with Crippen molar-refractivity contribution in [2.45, 2.75) is 26.5 Å². The summed E-state index contributed by atoms with van der Waals surface area (Å²) in [4.78, 5) is 15.8. The van der Waals surface area contributed by atoms with Gasteiger partial charge in [-0.25, -0.2) is 8.78 Å². The Morgan fingerprint density at radius 3 is 2.68 bits per heavy atom. The Bertz CT molecular complexity index is 1350. The van der Waals surface area contributed by atoms with Crippen LogP contribution < -0.4 is 10.5 Å². The van der Waals surface area contributed by atoms with Crippen LogP contribution in [0.2, 0.25) is 0 Å². The minimum Gasteiger partial charge on any atom is -0.488 e. The number of hydrogen-bond donors (Lipinski definition) is 1. The van der Waals surface area contributed by atoms with Gasteiger partial charge < -0.3 is 19.6 Å². The zero-order chi connectivity index (χ0) is 24.2. The van der Waals surface area contributed by atoms with Crippen LogP contribution in [0.1, 0.15) is 23.7 Å². The number of ether oxygens (including phenoxy) is 2. The Morgan fingerprint density at radius 1 is 1.09 bits per heavy atom. The molecule has 9 heteroatoms. The Labute approximate surface area is 193 Å². The third-order valence-corrected chi connectivity index (χ3v) is 5.15. The number of carbonyl (C=O) groups excluding carboxylic acids is 1. The van der Waals surface area contributed by atoms with Gasteiger partial charge in [-0.3, -0.25) is 9.78 Å². The summed E-state index contributed by atoms with van der Waals surface area (Å²) >= 11 is 0. The minimum absolute atomic E-state index is 0.0581. The maximum atomic E-state index is 15.0. The van der Waals surface area contributed by atoms with E-state index in [4.69, 9.17) is 19.6 Å². The topological polar surface area (TPSA) is 87.6 Å². The molecule has 0 aliphatic rings. The molecule has 0 radical (unpaired) electrons. The molecule has 0 atom stereocenters. The molecule has 2 heterocycles. The molecule has 2 aromatic heterocycles. The summed E-state index contributed by atoms with van der Waals surface area (Å²) in [5, 5.41) is 0.394. The molecule has 4 aromatic rings. The van der Waals surface area contributed by atoms with Crippen molar-refractivity contribution in [1.29, 1.82) is 0 Å². The maximum Gasteiger partial charge on any atom is 0.310 e. The Hall–Kier alpha value is -3.85. The lowest BCUT2D eigenvalue weighted by atomic mass is 10.00. The summed E-state index contributed by atoms with van der Waals surface area (Å²) in [6, 6.07) is 8.85. The van der Waals surface area contributed by atoms with Crippen LogP contribution in [-0.2, 0) is 29.1 Å². The monoisotopic (exact) mass is 470 g/mol. The highest BCUT2D eigenvalue weighted by Crippen LogP contribution is 2.34. The van der Waals surface area contributed by atoms with Gasteiger partial charge in [0.1, 0.15) is 23.8 Å². The van der Waals surface area contributed by atoms with Crippen LogP contribution in [-0.4, -0.2) is 17.6 Å². The number of rotatable bonds is 8. The number of aromatic nitrogens is 1. The third kappa shape index (κ3) is 4.89. The molecule has 0 bridgehead atoms. The maximum absolute atomic E-state index is 15.0. The van der Waals surface area contributed by atoms with E-state index < -0.39 is 23.6 Å². The average Bonchev–Trinajstić information content (AvgIpc) is 3.19. The molecule has 34 heavy (non-hydrogen) atoms. The first kappa shape index (κ1) is 23.3. The van der Waals surface area contributed by atoms with Crippen LogP contribution in [0.5, 0.6) is 5.75 Å². The number of hydrogen-bond acceptors (Lipinski definition) is 6. The molecule has 2 aromatic carbocycles. The lowest BCUT2D eigenvalue weighted by Crippen LogP contribution is -2.09. The summed E-state index contributed by atoms with van der Waals surface area (Å²) in [5.41, 5.74) is 7.21. The van der Waals surface area contributed by atoms with E-state index in [1.165, 1.54) is 36.5 Å². The summed E-state index contributed by atoms with van der Waals surface area (Å²) in [7, 11) is 0. The van der Waals surface area contributed by atoms with E-state index in [1.54, 1.807) is 19.1 Å². The number of carbonyl (C=O) groups is 1. The zero-order valence-corrected chi connectivity index (χ0v) is 18.2. The predicted molar refractivity (Wildman–Crippen MR) is 118 cm³/mol. The molecule has 0 amide bonds. The largest absolute Gasteiger partial charge is 0.488 e. The number of halogens is 3. The number of furan rings is 1. The summed E-state index contributed by atoms with van der Waals surface area (Å²) in [5.74, 6) is -1.49. The smallest absolute Gasteiger partial charge is 0.310 e. The van der Waals surface area contributed by atoms with Crippen molar-refractivity contribution in [1.82, 2.24) is 4.98 Å². The number of pyridine rings is 1. The second-order valence-electron chi connectivity index (χ2n) is 7.46. The van der Waals surface area contributed by atoms with Crippen LogP contribution in [0.25, 0.3) is 22.1 Å². The summed E-state index contributed by atoms with van der Waals surface area (Å²) in [6.07, 6.45) is 1.31. The number of fused-ring (bicyclic) bond motifs is 1. The fraction of sp³-hybridized carbons (Fsp3) is 0.200. The van der Waals surface area contributed by atoms with E-state index >= 15 is 0 Å². The highest BCUT2D eigenvalue weighted by Gasteiger charge is 2.18. The van der Waals surface area contributed by atoms with Crippen molar-refractivity contribution in [2.75, 3.05) is 6.61 Å². The highest BCUT2D eigenvalue weighted by atomic mass is 19.1. The minimum atomic E-state index is -0.829. The quantitative estimate of drug-likeness (QED) is 0.363. The molecule has 2 N–H and O–H groups in total. The molecule has 0 spiro atoms. The molecule has 4 rings (SSSR count). The van der Waals surface area contributed by atoms with Crippen molar-refractivity contribution in [3.05, 3.63) is 83.1 Å².